The number of carbonyl (C=O) groups excluding carboxylic acids is 1. The van der Waals surface area contributed by atoms with Crippen molar-refractivity contribution in [1.82, 2.24) is 10.6 Å². The van der Waals surface area contributed by atoms with Gasteiger partial charge < -0.3 is 10.6 Å². The van der Waals surface area contributed by atoms with Crippen LogP contribution in [-0.4, -0.2) is 40.3 Å². The van der Waals surface area contributed by atoms with Gasteiger partial charge in [0.05, 0.1) is 0 Å². The van der Waals surface area contributed by atoms with Crippen LogP contribution in [0.4, 0.5) is 0 Å². The standard InChI is InChI=1S/C13H28N2O2S/c1-6-7-14-12(10(2)3)8-18(17)9-13(16)15-11(4)5/h10-12,14H,6-9H2,1-5H3,(H,15,16). The molecule has 18 heavy (non-hydrogen) atoms. The molecule has 0 saturated carbocycles. The summed E-state index contributed by atoms with van der Waals surface area (Å²) >= 11 is 0. The average Bonchev–Trinajstić information content (AvgIpc) is 2.22. The zero-order valence-corrected chi connectivity index (χ0v) is 13.1. The monoisotopic (exact) mass is 276 g/mol. The highest BCUT2D eigenvalue weighted by atomic mass is 32.2. The van der Waals surface area contributed by atoms with E-state index in [2.05, 4.69) is 31.4 Å². The van der Waals surface area contributed by atoms with Crippen molar-refractivity contribution in [2.75, 3.05) is 18.1 Å². The minimum Gasteiger partial charge on any atom is -0.353 e. The number of hydrogen-bond acceptors (Lipinski definition) is 3. The molecule has 0 fully saturated rings. The Morgan fingerprint density at radius 1 is 1.22 bits per heavy atom. The number of amides is 1. The molecule has 0 aromatic heterocycles. The van der Waals surface area contributed by atoms with Gasteiger partial charge in [0.1, 0.15) is 5.75 Å². The largest absolute Gasteiger partial charge is 0.353 e. The van der Waals surface area contributed by atoms with Gasteiger partial charge in [-0.05, 0) is 32.7 Å². The molecule has 0 saturated heterocycles. The van der Waals surface area contributed by atoms with Gasteiger partial charge in [0, 0.05) is 28.6 Å². The SMILES string of the molecule is CCCNC(CS(=O)CC(=O)NC(C)C)C(C)C. The Balaban J connectivity index is 4.13. The van der Waals surface area contributed by atoms with Crippen molar-refractivity contribution >= 4 is 16.7 Å². The van der Waals surface area contributed by atoms with Crippen molar-refractivity contribution in [3.63, 3.8) is 0 Å². The maximum Gasteiger partial charge on any atom is 0.232 e. The molecular formula is C13H28N2O2S. The van der Waals surface area contributed by atoms with Gasteiger partial charge in [-0.15, -0.1) is 0 Å². The van der Waals surface area contributed by atoms with E-state index in [1.807, 2.05) is 13.8 Å². The third-order valence-electron chi connectivity index (χ3n) is 2.57. The highest BCUT2D eigenvalue weighted by Crippen LogP contribution is 2.04. The quantitative estimate of drug-likeness (QED) is 0.667. The molecule has 1 amide bonds. The van der Waals surface area contributed by atoms with Crippen molar-refractivity contribution in [3.05, 3.63) is 0 Å². The van der Waals surface area contributed by atoms with E-state index in [-0.39, 0.29) is 23.7 Å². The van der Waals surface area contributed by atoms with Gasteiger partial charge in [-0.1, -0.05) is 20.8 Å². The summed E-state index contributed by atoms with van der Waals surface area (Å²) in [5.41, 5.74) is 0. The molecule has 0 aromatic rings. The Kier molecular flexibility index (Phi) is 9.28. The zero-order valence-electron chi connectivity index (χ0n) is 12.3. The molecule has 0 spiro atoms. The van der Waals surface area contributed by atoms with Gasteiger partial charge in [-0.25, -0.2) is 0 Å². The maximum absolute atomic E-state index is 11.9. The Morgan fingerprint density at radius 3 is 2.28 bits per heavy atom. The fourth-order valence-corrected chi connectivity index (χ4v) is 2.98. The minimum absolute atomic E-state index is 0.105. The van der Waals surface area contributed by atoms with Crippen LogP contribution in [0.15, 0.2) is 0 Å². The zero-order chi connectivity index (χ0) is 14.1. The summed E-state index contributed by atoms with van der Waals surface area (Å²) in [5.74, 6) is 0.952. The molecule has 5 heteroatoms. The Labute approximate surface area is 114 Å². The van der Waals surface area contributed by atoms with Crippen LogP contribution in [0.5, 0.6) is 0 Å². The summed E-state index contributed by atoms with van der Waals surface area (Å²) in [6.07, 6.45) is 1.06. The van der Waals surface area contributed by atoms with E-state index in [0.29, 0.717) is 11.7 Å². The summed E-state index contributed by atoms with van der Waals surface area (Å²) in [7, 11) is -1.10. The molecule has 0 heterocycles. The van der Waals surface area contributed by atoms with Gasteiger partial charge in [0.15, 0.2) is 0 Å². The summed E-state index contributed by atoms with van der Waals surface area (Å²) in [4.78, 5) is 11.5. The van der Waals surface area contributed by atoms with Crippen LogP contribution in [0.3, 0.4) is 0 Å². The molecule has 4 nitrogen and oxygen atoms in total. The van der Waals surface area contributed by atoms with Crippen molar-refractivity contribution in [2.45, 2.75) is 53.1 Å². The van der Waals surface area contributed by atoms with Crippen LogP contribution in [0.1, 0.15) is 41.0 Å². The molecule has 0 bridgehead atoms. The number of rotatable bonds is 9. The first-order chi connectivity index (χ1) is 8.36. The molecule has 0 aromatic carbocycles. The third-order valence-corrected chi connectivity index (χ3v) is 3.88. The summed E-state index contributed by atoms with van der Waals surface area (Å²) in [6.45, 7) is 11.1. The van der Waals surface area contributed by atoms with Gasteiger partial charge in [0.2, 0.25) is 5.91 Å². The van der Waals surface area contributed by atoms with E-state index in [0.717, 1.165) is 13.0 Å². The first-order valence-corrected chi connectivity index (χ1v) is 8.23. The van der Waals surface area contributed by atoms with E-state index in [1.54, 1.807) is 0 Å². The van der Waals surface area contributed by atoms with E-state index >= 15 is 0 Å². The topological polar surface area (TPSA) is 58.2 Å². The van der Waals surface area contributed by atoms with Crippen LogP contribution in [0, 0.1) is 5.92 Å². The number of hydrogen-bond donors (Lipinski definition) is 2. The van der Waals surface area contributed by atoms with Gasteiger partial charge in [-0.2, -0.15) is 0 Å². The molecule has 0 aliphatic heterocycles. The fraction of sp³-hybridized carbons (Fsp3) is 0.923. The lowest BCUT2D eigenvalue weighted by Gasteiger charge is -2.21. The predicted octanol–water partition coefficient (Wildman–Crippen LogP) is 1.28. The number of carbonyl (C=O) groups is 1. The summed E-state index contributed by atoms with van der Waals surface area (Å²) < 4.78 is 11.9. The first-order valence-electron chi connectivity index (χ1n) is 6.74. The smallest absolute Gasteiger partial charge is 0.232 e. The summed E-state index contributed by atoms with van der Waals surface area (Å²) in [5, 5.41) is 6.16. The Bertz CT molecular complexity index is 268. The van der Waals surface area contributed by atoms with Gasteiger partial charge in [0.25, 0.3) is 0 Å². The van der Waals surface area contributed by atoms with E-state index < -0.39 is 10.8 Å². The van der Waals surface area contributed by atoms with Crippen molar-refractivity contribution in [1.29, 1.82) is 0 Å². The molecule has 2 unspecified atom stereocenters. The molecule has 0 rings (SSSR count). The molecule has 2 atom stereocenters. The Morgan fingerprint density at radius 2 is 1.83 bits per heavy atom. The predicted molar refractivity (Wildman–Crippen MR) is 78.1 cm³/mol. The maximum atomic E-state index is 11.9. The van der Waals surface area contributed by atoms with Crippen molar-refractivity contribution < 1.29 is 9.00 Å². The normalized spacial score (nSPS) is 14.8. The highest BCUT2D eigenvalue weighted by molar-refractivity contribution is 7.85. The van der Waals surface area contributed by atoms with E-state index in [4.69, 9.17) is 0 Å². The van der Waals surface area contributed by atoms with E-state index in [9.17, 15) is 9.00 Å². The molecule has 0 aliphatic rings. The molecule has 0 radical (unpaired) electrons. The number of nitrogens with one attached hydrogen (secondary N) is 2. The highest BCUT2D eigenvalue weighted by Gasteiger charge is 2.17. The molecular weight excluding hydrogens is 248 g/mol. The second kappa shape index (κ2) is 9.50. The van der Waals surface area contributed by atoms with Crippen molar-refractivity contribution in [3.8, 4) is 0 Å². The average molecular weight is 276 g/mol. The van der Waals surface area contributed by atoms with Crippen molar-refractivity contribution in [2.24, 2.45) is 5.92 Å². The second-order valence-corrected chi connectivity index (χ2v) is 6.78. The van der Waals surface area contributed by atoms with Gasteiger partial charge in [-0.3, -0.25) is 9.00 Å². The summed E-state index contributed by atoms with van der Waals surface area (Å²) in [6, 6.07) is 0.325. The van der Waals surface area contributed by atoms with Crippen LogP contribution < -0.4 is 10.6 Å². The third kappa shape index (κ3) is 8.64. The Hall–Kier alpha value is -0.420. The lowest BCUT2D eigenvalue weighted by Crippen LogP contribution is -2.41. The van der Waals surface area contributed by atoms with Crippen LogP contribution in [0.2, 0.25) is 0 Å². The fourth-order valence-electron chi connectivity index (χ4n) is 1.59. The van der Waals surface area contributed by atoms with Crippen LogP contribution in [-0.2, 0) is 15.6 Å². The van der Waals surface area contributed by atoms with E-state index in [1.165, 1.54) is 0 Å². The molecule has 2 N–H and O–H groups in total. The van der Waals surface area contributed by atoms with Crippen LogP contribution in [0.25, 0.3) is 0 Å². The van der Waals surface area contributed by atoms with Crippen LogP contribution >= 0.6 is 0 Å². The second-order valence-electron chi connectivity index (χ2n) is 5.28. The van der Waals surface area contributed by atoms with Gasteiger partial charge >= 0.3 is 0 Å². The minimum atomic E-state index is -1.10. The molecule has 108 valence electrons. The lowest BCUT2D eigenvalue weighted by atomic mass is 10.1. The first kappa shape index (κ1) is 17.6. The lowest BCUT2D eigenvalue weighted by molar-refractivity contribution is -0.119. The molecule has 0 aliphatic carbocycles.